The second-order valence-corrected chi connectivity index (χ2v) is 4.09. The van der Waals surface area contributed by atoms with Gasteiger partial charge in [-0.1, -0.05) is 6.92 Å². The maximum atomic E-state index is 5.00. The van der Waals surface area contributed by atoms with Crippen molar-refractivity contribution in [3.8, 4) is 0 Å². The standard InChI is InChI=1S/C11H18N2O/c1-9-2-4-13-11(9)7-12-6-10-3-5-14-8-10/h3,5,8-9,11-13H,2,4,6-7H2,1H3. The highest BCUT2D eigenvalue weighted by molar-refractivity contribution is 5.04. The number of nitrogens with one attached hydrogen (secondary N) is 2. The lowest BCUT2D eigenvalue weighted by atomic mass is 10.0. The van der Waals surface area contributed by atoms with Crippen molar-refractivity contribution in [2.45, 2.75) is 25.9 Å². The molecule has 3 heteroatoms. The van der Waals surface area contributed by atoms with E-state index in [4.69, 9.17) is 4.42 Å². The fraction of sp³-hybridized carbons (Fsp3) is 0.636. The van der Waals surface area contributed by atoms with Crippen LogP contribution in [0.1, 0.15) is 18.9 Å². The molecule has 1 aromatic heterocycles. The minimum atomic E-state index is 0.641. The van der Waals surface area contributed by atoms with E-state index in [1.807, 2.05) is 6.07 Å². The zero-order valence-corrected chi connectivity index (χ0v) is 8.62. The second-order valence-electron chi connectivity index (χ2n) is 4.09. The second kappa shape index (κ2) is 4.62. The van der Waals surface area contributed by atoms with Gasteiger partial charge in [-0.3, -0.25) is 0 Å². The van der Waals surface area contributed by atoms with Crippen molar-refractivity contribution in [2.24, 2.45) is 5.92 Å². The Labute approximate surface area is 84.9 Å². The zero-order valence-electron chi connectivity index (χ0n) is 8.62. The lowest BCUT2D eigenvalue weighted by Crippen LogP contribution is -2.36. The number of furan rings is 1. The summed E-state index contributed by atoms with van der Waals surface area (Å²) in [6.07, 6.45) is 4.81. The minimum Gasteiger partial charge on any atom is -0.472 e. The molecule has 14 heavy (non-hydrogen) atoms. The first-order valence-electron chi connectivity index (χ1n) is 5.31. The summed E-state index contributed by atoms with van der Waals surface area (Å²) in [5, 5.41) is 6.94. The summed E-state index contributed by atoms with van der Waals surface area (Å²) in [5.41, 5.74) is 1.22. The summed E-state index contributed by atoms with van der Waals surface area (Å²) in [6, 6.07) is 2.64. The average molecular weight is 194 g/mol. The van der Waals surface area contributed by atoms with Crippen molar-refractivity contribution >= 4 is 0 Å². The molecule has 0 amide bonds. The van der Waals surface area contributed by atoms with E-state index in [2.05, 4.69) is 17.6 Å². The molecule has 1 aliphatic rings. The predicted molar refractivity (Wildman–Crippen MR) is 56.0 cm³/mol. The topological polar surface area (TPSA) is 37.2 Å². The van der Waals surface area contributed by atoms with Gasteiger partial charge in [0.05, 0.1) is 12.5 Å². The first kappa shape index (κ1) is 9.74. The van der Waals surface area contributed by atoms with E-state index in [1.165, 1.54) is 18.5 Å². The van der Waals surface area contributed by atoms with Gasteiger partial charge in [0, 0.05) is 24.7 Å². The van der Waals surface area contributed by atoms with E-state index in [0.717, 1.165) is 19.0 Å². The molecule has 0 bridgehead atoms. The van der Waals surface area contributed by atoms with Crippen LogP contribution in [0, 0.1) is 5.92 Å². The molecule has 0 spiro atoms. The van der Waals surface area contributed by atoms with Gasteiger partial charge < -0.3 is 15.1 Å². The average Bonchev–Trinajstić information content (AvgIpc) is 2.78. The van der Waals surface area contributed by atoms with Crippen molar-refractivity contribution in [2.75, 3.05) is 13.1 Å². The summed E-state index contributed by atoms with van der Waals surface area (Å²) >= 11 is 0. The van der Waals surface area contributed by atoms with Crippen molar-refractivity contribution in [1.29, 1.82) is 0 Å². The molecule has 0 aromatic carbocycles. The Bertz CT molecular complexity index is 258. The summed E-state index contributed by atoms with van der Waals surface area (Å²) in [4.78, 5) is 0. The molecule has 2 N–H and O–H groups in total. The molecule has 3 nitrogen and oxygen atoms in total. The van der Waals surface area contributed by atoms with E-state index < -0.39 is 0 Å². The summed E-state index contributed by atoms with van der Waals surface area (Å²) in [5.74, 6) is 0.798. The third-order valence-electron chi connectivity index (χ3n) is 2.97. The fourth-order valence-corrected chi connectivity index (χ4v) is 1.94. The molecule has 78 valence electrons. The van der Waals surface area contributed by atoms with E-state index in [0.29, 0.717) is 6.04 Å². The third kappa shape index (κ3) is 2.36. The summed E-state index contributed by atoms with van der Waals surface area (Å²) in [7, 11) is 0. The van der Waals surface area contributed by atoms with Crippen LogP contribution in [0.2, 0.25) is 0 Å². The number of hydrogen-bond acceptors (Lipinski definition) is 3. The molecule has 1 fully saturated rings. The monoisotopic (exact) mass is 194 g/mol. The Morgan fingerprint density at radius 1 is 1.64 bits per heavy atom. The molecule has 2 heterocycles. The van der Waals surface area contributed by atoms with Crippen LogP contribution in [0.5, 0.6) is 0 Å². The van der Waals surface area contributed by atoms with Gasteiger partial charge in [-0.2, -0.15) is 0 Å². The van der Waals surface area contributed by atoms with Crippen LogP contribution in [0.25, 0.3) is 0 Å². The molecule has 0 radical (unpaired) electrons. The van der Waals surface area contributed by atoms with Gasteiger partial charge in [0.1, 0.15) is 0 Å². The minimum absolute atomic E-state index is 0.641. The van der Waals surface area contributed by atoms with Gasteiger partial charge in [-0.05, 0) is 24.9 Å². The molecule has 2 rings (SSSR count). The summed E-state index contributed by atoms with van der Waals surface area (Å²) in [6.45, 7) is 5.43. The van der Waals surface area contributed by atoms with Crippen LogP contribution in [0.15, 0.2) is 23.0 Å². The van der Waals surface area contributed by atoms with Crippen LogP contribution in [0.4, 0.5) is 0 Å². The Hall–Kier alpha value is -0.800. The SMILES string of the molecule is CC1CCNC1CNCc1ccoc1. The Morgan fingerprint density at radius 3 is 3.21 bits per heavy atom. The maximum Gasteiger partial charge on any atom is 0.0947 e. The normalized spacial score (nSPS) is 26.9. The van der Waals surface area contributed by atoms with E-state index in [9.17, 15) is 0 Å². The van der Waals surface area contributed by atoms with Crippen LogP contribution < -0.4 is 10.6 Å². The van der Waals surface area contributed by atoms with Gasteiger partial charge in [0.15, 0.2) is 0 Å². The van der Waals surface area contributed by atoms with E-state index in [-0.39, 0.29) is 0 Å². The largest absolute Gasteiger partial charge is 0.472 e. The van der Waals surface area contributed by atoms with Crippen molar-refractivity contribution in [3.05, 3.63) is 24.2 Å². The van der Waals surface area contributed by atoms with Crippen molar-refractivity contribution in [3.63, 3.8) is 0 Å². The Balaban J connectivity index is 1.68. The molecule has 0 saturated carbocycles. The van der Waals surface area contributed by atoms with Gasteiger partial charge in [0.25, 0.3) is 0 Å². The quantitative estimate of drug-likeness (QED) is 0.760. The van der Waals surface area contributed by atoms with E-state index in [1.54, 1.807) is 12.5 Å². The van der Waals surface area contributed by atoms with Gasteiger partial charge in [-0.25, -0.2) is 0 Å². The van der Waals surface area contributed by atoms with Gasteiger partial charge in [0.2, 0.25) is 0 Å². The van der Waals surface area contributed by atoms with Gasteiger partial charge in [-0.15, -0.1) is 0 Å². The van der Waals surface area contributed by atoms with E-state index >= 15 is 0 Å². The Morgan fingerprint density at radius 2 is 2.57 bits per heavy atom. The summed E-state index contributed by atoms with van der Waals surface area (Å²) < 4.78 is 5.00. The highest BCUT2D eigenvalue weighted by Crippen LogP contribution is 2.13. The number of rotatable bonds is 4. The lowest BCUT2D eigenvalue weighted by molar-refractivity contribution is 0.447. The first-order chi connectivity index (χ1) is 6.86. The first-order valence-corrected chi connectivity index (χ1v) is 5.31. The molecule has 1 aromatic rings. The smallest absolute Gasteiger partial charge is 0.0947 e. The molecule has 0 aliphatic carbocycles. The molecule has 1 saturated heterocycles. The van der Waals surface area contributed by atoms with Crippen LogP contribution in [-0.4, -0.2) is 19.1 Å². The number of hydrogen-bond donors (Lipinski definition) is 2. The van der Waals surface area contributed by atoms with Gasteiger partial charge >= 0.3 is 0 Å². The van der Waals surface area contributed by atoms with Crippen LogP contribution in [-0.2, 0) is 6.54 Å². The molecular formula is C11H18N2O. The van der Waals surface area contributed by atoms with Crippen molar-refractivity contribution in [1.82, 2.24) is 10.6 Å². The zero-order chi connectivity index (χ0) is 9.80. The highest BCUT2D eigenvalue weighted by Gasteiger charge is 2.21. The molecule has 2 unspecified atom stereocenters. The Kier molecular flexibility index (Phi) is 3.22. The lowest BCUT2D eigenvalue weighted by Gasteiger charge is -2.15. The highest BCUT2D eigenvalue weighted by atomic mass is 16.3. The molecular weight excluding hydrogens is 176 g/mol. The molecule has 2 atom stereocenters. The van der Waals surface area contributed by atoms with Crippen molar-refractivity contribution < 1.29 is 4.42 Å². The van der Waals surface area contributed by atoms with Crippen LogP contribution in [0.3, 0.4) is 0 Å². The fourth-order valence-electron chi connectivity index (χ4n) is 1.94. The third-order valence-corrected chi connectivity index (χ3v) is 2.97. The van der Waals surface area contributed by atoms with Crippen LogP contribution >= 0.6 is 0 Å². The maximum absolute atomic E-state index is 5.00. The molecule has 1 aliphatic heterocycles. The predicted octanol–water partition coefficient (Wildman–Crippen LogP) is 1.37.